The Kier molecular flexibility index (Phi) is 9.36. The predicted octanol–water partition coefficient (Wildman–Crippen LogP) is 5.07. The maximum absolute atomic E-state index is 12.9. The van der Waals surface area contributed by atoms with E-state index in [1.165, 1.54) is 30.0 Å². The maximum atomic E-state index is 12.9. The van der Waals surface area contributed by atoms with Crippen LogP contribution >= 0.6 is 35.0 Å². The number of rotatable bonds is 10. The number of carbonyl (C=O) groups is 3. The summed E-state index contributed by atoms with van der Waals surface area (Å²) >= 11 is 13.3. The topological polar surface area (TPSA) is 126 Å². The molecule has 0 unspecified atom stereocenters. The minimum absolute atomic E-state index is 0.0326. The van der Waals surface area contributed by atoms with Gasteiger partial charge in [-0.2, -0.15) is 0 Å². The van der Waals surface area contributed by atoms with Gasteiger partial charge >= 0.3 is 5.97 Å². The molecule has 36 heavy (non-hydrogen) atoms. The zero-order valence-electron chi connectivity index (χ0n) is 19.8. The summed E-state index contributed by atoms with van der Waals surface area (Å²) in [6.45, 7) is 4.06. The lowest BCUT2D eigenvalue weighted by Crippen LogP contribution is -2.31. The molecule has 1 aromatic heterocycles. The van der Waals surface area contributed by atoms with Crippen molar-refractivity contribution in [2.45, 2.75) is 31.5 Å². The molecule has 0 saturated heterocycles. The lowest BCUT2D eigenvalue weighted by molar-refractivity contribution is -0.113. The molecule has 0 aliphatic heterocycles. The summed E-state index contributed by atoms with van der Waals surface area (Å²) in [7, 11) is 1.76. The number of carboxylic acid groups (broad SMARTS) is 1. The minimum atomic E-state index is -1.08. The van der Waals surface area contributed by atoms with Gasteiger partial charge in [0.1, 0.15) is 0 Å². The van der Waals surface area contributed by atoms with E-state index in [-0.39, 0.29) is 34.1 Å². The zero-order valence-corrected chi connectivity index (χ0v) is 22.1. The number of anilines is 1. The molecule has 3 rings (SSSR count). The molecule has 0 fully saturated rings. The van der Waals surface area contributed by atoms with Gasteiger partial charge in [0.25, 0.3) is 5.91 Å². The SMILES string of the molecule is CC(C)C[C@H](NC(=O)c1ccc(Cl)cc1Cl)c1nnc(SCC(=O)Nc2cccc(C(=O)O)c2)n1C. The molecule has 0 bridgehead atoms. The van der Waals surface area contributed by atoms with Crippen LogP contribution < -0.4 is 10.6 Å². The summed E-state index contributed by atoms with van der Waals surface area (Å²) in [4.78, 5) is 36.4. The monoisotopic (exact) mass is 549 g/mol. The Labute approximate surface area is 222 Å². The van der Waals surface area contributed by atoms with Crippen LogP contribution in [-0.2, 0) is 11.8 Å². The van der Waals surface area contributed by atoms with Gasteiger partial charge in [-0.3, -0.25) is 9.59 Å². The van der Waals surface area contributed by atoms with Gasteiger partial charge in [-0.05, 0) is 48.7 Å². The number of carbonyl (C=O) groups excluding carboxylic acids is 2. The highest BCUT2D eigenvalue weighted by molar-refractivity contribution is 7.99. The van der Waals surface area contributed by atoms with E-state index in [0.29, 0.717) is 33.7 Å². The van der Waals surface area contributed by atoms with Crippen molar-refractivity contribution in [3.05, 3.63) is 69.5 Å². The van der Waals surface area contributed by atoms with Gasteiger partial charge in [-0.15, -0.1) is 10.2 Å². The molecule has 0 spiro atoms. The third kappa shape index (κ3) is 7.22. The van der Waals surface area contributed by atoms with E-state index < -0.39 is 12.0 Å². The molecule has 9 nitrogen and oxygen atoms in total. The lowest BCUT2D eigenvalue weighted by Gasteiger charge is -2.20. The molecule has 190 valence electrons. The number of aromatic carboxylic acids is 1. The molecule has 1 atom stereocenters. The first kappa shape index (κ1) is 27.5. The van der Waals surface area contributed by atoms with Gasteiger partial charge < -0.3 is 20.3 Å². The second-order valence-corrected chi connectivity index (χ2v) is 10.2. The fourth-order valence-corrected chi connectivity index (χ4v) is 4.63. The molecule has 0 aliphatic rings. The molecular formula is C24H25Cl2N5O4S. The van der Waals surface area contributed by atoms with E-state index in [1.54, 1.807) is 35.9 Å². The Morgan fingerprint density at radius 3 is 2.53 bits per heavy atom. The van der Waals surface area contributed by atoms with Crippen LogP contribution in [0.4, 0.5) is 5.69 Å². The van der Waals surface area contributed by atoms with Crippen molar-refractivity contribution >= 4 is 58.4 Å². The van der Waals surface area contributed by atoms with Gasteiger partial charge in [0, 0.05) is 17.8 Å². The number of nitrogens with zero attached hydrogens (tertiary/aromatic N) is 3. The highest BCUT2D eigenvalue weighted by Gasteiger charge is 2.24. The van der Waals surface area contributed by atoms with Gasteiger partial charge in [0.2, 0.25) is 5.91 Å². The van der Waals surface area contributed by atoms with E-state index in [4.69, 9.17) is 28.3 Å². The Morgan fingerprint density at radius 1 is 1.11 bits per heavy atom. The summed E-state index contributed by atoms with van der Waals surface area (Å²) in [5.74, 6) is -0.937. The van der Waals surface area contributed by atoms with Gasteiger partial charge in [-0.25, -0.2) is 4.79 Å². The number of thioether (sulfide) groups is 1. The van der Waals surface area contributed by atoms with E-state index in [1.807, 2.05) is 13.8 Å². The highest BCUT2D eigenvalue weighted by atomic mass is 35.5. The largest absolute Gasteiger partial charge is 0.478 e. The number of carboxylic acids is 1. The van der Waals surface area contributed by atoms with Crippen LogP contribution in [0.15, 0.2) is 47.6 Å². The number of benzene rings is 2. The molecule has 0 aliphatic carbocycles. The van der Waals surface area contributed by atoms with Gasteiger partial charge in [0.05, 0.1) is 27.9 Å². The van der Waals surface area contributed by atoms with Crippen LogP contribution in [-0.4, -0.2) is 43.4 Å². The van der Waals surface area contributed by atoms with Crippen LogP contribution in [0.1, 0.15) is 52.9 Å². The van der Waals surface area contributed by atoms with Crippen LogP contribution in [0.2, 0.25) is 10.0 Å². The number of nitrogens with one attached hydrogen (secondary N) is 2. The minimum Gasteiger partial charge on any atom is -0.478 e. The maximum Gasteiger partial charge on any atom is 0.335 e. The normalized spacial score (nSPS) is 11.8. The fourth-order valence-electron chi connectivity index (χ4n) is 3.42. The van der Waals surface area contributed by atoms with Crippen molar-refractivity contribution in [2.75, 3.05) is 11.1 Å². The molecule has 0 radical (unpaired) electrons. The summed E-state index contributed by atoms with van der Waals surface area (Å²) in [6, 6.07) is 10.2. The van der Waals surface area contributed by atoms with Gasteiger partial charge in [-0.1, -0.05) is 54.9 Å². The standard InChI is InChI=1S/C24H25Cl2N5O4S/c1-13(2)9-19(28-22(33)17-8-7-15(25)11-18(17)26)21-29-30-24(31(21)3)36-12-20(32)27-16-6-4-5-14(10-16)23(34)35/h4-8,10-11,13,19H,9,12H2,1-3H3,(H,27,32)(H,28,33)(H,34,35)/t19-/m0/s1. The smallest absolute Gasteiger partial charge is 0.335 e. The molecule has 3 N–H and O–H groups in total. The van der Waals surface area contributed by atoms with E-state index in [2.05, 4.69) is 20.8 Å². The molecule has 2 amide bonds. The Hall–Kier alpha value is -3.08. The molecule has 0 saturated carbocycles. The second-order valence-electron chi connectivity index (χ2n) is 8.40. The zero-order chi connectivity index (χ0) is 26.4. The van der Waals surface area contributed by atoms with E-state index in [0.717, 1.165) is 0 Å². The van der Waals surface area contributed by atoms with Crippen molar-refractivity contribution in [1.29, 1.82) is 0 Å². The third-order valence-corrected chi connectivity index (χ3v) is 6.66. The van der Waals surface area contributed by atoms with Crippen molar-refractivity contribution in [1.82, 2.24) is 20.1 Å². The average Bonchev–Trinajstić information content (AvgIpc) is 3.17. The quantitative estimate of drug-likeness (QED) is 0.301. The summed E-state index contributed by atoms with van der Waals surface area (Å²) < 4.78 is 1.74. The summed E-state index contributed by atoms with van der Waals surface area (Å²) in [5.41, 5.74) is 0.770. The molecule has 1 heterocycles. The first-order chi connectivity index (χ1) is 17.0. The van der Waals surface area contributed by atoms with E-state index in [9.17, 15) is 14.4 Å². The summed E-state index contributed by atoms with van der Waals surface area (Å²) in [5, 5.41) is 24.4. The number of halogens is 2. The van der Waals surface area contributed by atoms with Crippen molar-refractivity contribution in [3.63, 3.8) is 0 Å². The Morgan fingerprint density at radius 2 is 1.86 bits per heavy atom. The average molecular weight is 550 g/mol. The lowest BCUT2D eigenvalue weighted by atomic mass is 10.0. The number of aromatic nitrogens is 3. The molecule has 12 heteroatoms. The fraction of sp³-hybridized carbons (Fsp3) is 0.292. The van der Waals surface area contributed by atoms with Crippen LogP contribution in [0.3, 0.4) is 0 Å². The molecular weight excluding hydrogens is 525 g/mol. The number of amides is 2. The predicted molar refractivity (Wildman–Crippen MR) is 140 cm³/mol. The van der Waals surface area contributed by atoms with Crippen molar-refractivity contribution in [3.8, 4) is 0 Å². The van der Waals surface area contributed by atoms with Crippen LogP contribution in [0, 0.1) is 5.92 Å². The van der Waals surface area contributed by atoms with Crippen LogP contribution in [0.25, 0.3) is 0 Å². The summed E-state index contributed by atoms with van der Waals surface area (Å²) in [6.07, 6.45) is 0.605. The van der Waals surface area contributed by atoms with Gasteiger partial charge in [0.15, 0.2) is 11.0 Å². The molecule has 3 aromatic rings. The van der Waals surface area contributed by atoms with Crippen molar-refractivity contribution in [2.24, 2.45) is 13.0 Å². The number of hydrogen-bond acceptors (Lipinski definition) is 6. The van der Waals surface area contributed by atoms with Crippen LogP contribution in [0.5, 0.6) is 0 Å². The third-order valence-electron chi connectivity index (χ3n) is 5.09. The highest BCUT2D eigenvalue weighted by Crippen LogP contribution is 2.26. The molecule has 2 aromatic carbocycles. The Balaban J connectivity index is 1.69. The first-order valence-corrected chi connectivity index (χ1v) is 12.7. The second kappa shape index (κ2) is 12.2. The van der Waals surface area contributed by atoms with Crippen molar-refractivity contribution < 1.29 is 19.5 Å². The van der Waals surface area contributed by atoms with E-state index >= 15 is 0 Å². The first-order valence-electron chi connectivity index (χ1n) is 11.0. The number of hydrogen-bond donors (Lipinski definition) is 3. The Bertz CT molecular complexity index is 1280.